The van der Waals surface area contributed by atoms with E-state index in [0.29, 0.717) is 27.2 Å². The summed E-state index contributed by atoms with van der Waals surface area (Å²) in [6, 6.07) is 12.6. The van der Waals surface area contributed by atoms with Gasteiger partial charge < -0.3 is 4.74 Å². The molecule has 2 aromatic carbocycles. The van der Waals surface area contributed by atoms with Gasteiger partial charge in [0.25, 0.3) is 5.91 Å². The molecule has 0 bridgehead atoms. The molecule has 0 unspecified atom stereocenters. The summed E-state index contributed by atoms with van der Waals surface area (Å²) in [4.78, 5) is 17.7. The number of carbonyl (C=O) groups is 1. The van der Waals surface area contributed by atoms with Crippen molar-refractivity contribution in [3.63, 3.8) is 0 Å². The highest BCUT2D eigenvalue weighted by Crippen LogP contribution is 2.26. The van der Waals surface area contributed by atoms with Crippen molar-refractivity contribution >= 4 is 45.6 Å². The van der Waals surface area contributed by atoms with E-state index in [9.17, 15) is 4.79 Å². The van der Waals surface area contributed by atoms with Crippen LogP contribution < -0.4 is 10.1 Å². The molecule has 0 aliphatic heterocycles. The van der Waals surface area contributed by atoms with Gasteiger partial charge in [-0.05, 0) is 55.8 Å². The van der Waals surface area contributed by atoms with Crippen LogP contribution in [-0.4, -0.2) is 17.0 Å². The molecule has 1 N–H and O–H groups in total. The number of halogens is 2. The maximum atomic E-state index is 12.4. The number of nitrogens with zero attached hydrogens (tertiary/aromatic N) is 1. The van der Waals surface area contributed by atoms with Gasteiger partial charge in [0.2, 0.25) is 0 Å². The van der Waals surface area contributed by atoms with Crippen LogP contribution in [0.2, 0.25) is 10.0 Å². The first-order chi connectivity index (χ1) is 12.9. The maximum Gasteiger partial charge on any atom is 0.257 e. The lowest BCUT2D eigenvalue weighted by atomic mass is 10.1. The Labute approximate surface area is 172 Å². The number of carbonyl (C=O) groups excluding carboxylic acids is 1. The first-order valence-electron chi connectivity index (χ1n) is 8.37. The Morgan fingerprint density at radius 3 is 2.56 bits per heavy atom. The van der Waals surface area contributed by atoms with Crippen LogP contribution in [0.15, 0.2) is 48.7 Å². The SMILES string of the molecule is CC(C)Oc1ccc(C(=O)Nc2ncc(Cc3ccc(Cl)c(Cl)c3)s2)cc1. The van der Waals surface area contributed by atoms with Crippen LogP contribution in [-0.2, 0) is 6.42 Å². The molecule has 3 rings (SSSR count). The van der Waals surface area contributed by atoms with Crippen LogP contribution in [0.3, 0.4) is 0 Å². The van der Waals surface area contributed by atoms with E-state index in [-0.39, 0.29) is 12.0 Å². The topological polar surface area (TPSA) is 51.2 Å². The van der Waals surface area contributed by atoms with Gasteiger partial charge in [-0.2, -0.15) is 0 Å². The Morgan fingerprint density at radius 1 is 1.15 bits per heavy atom. The van der Waals surface area contributed by atoms with E-state index in [1.54, 1.807) is 36.5 Å². The zero-order valence-corrected chi connectivity index (χ0v) is 17.2. The van der Waals surface area contributed by atoms with Gasteiger partial charge >= 0.3 is 0 Å². The summed E-state index contributed by atoms with van der Waals surface area (Å²) in [6.45, 7) is 3.91. The van der Waals surface area contributed by atoms with E-state index in [4.69, 9.17) is 27.9 Å². The summed E-state index contributed by atoms with van der Waals surface area (Å²) in [6.07, 6.45) is 2.52. The van der Waals surface area contributed by atoms with Crippen molar-refractivity contribution in [1.82, 2.24) is 4.98 Å². The number of hydrogen-bond acceptors (Lipinski definition) is 4. The minimum absolute atomic E-state index is 0.0916. The normalized spacial score (nSPS) is 10.9. The Kier molecular flexibility index (Phi) is 6.37. The Morgan fingerprint density at radius 2 is 1.89 bits per heavy atom. The molecule has 1 heterocycles. The molecule has 1 amide bonds. The van der Waals surface area contributed by atoms with Crippen LogP contribution in [0.25, 0.3) is 0 Å². The fourth-order valence-corrected chi connectivity index (χ4v) is 3.59. The van der Waals surface area contributed by atoms with Gasteiger partial charge in [0.1, 0.15) is 5.75 Å². The average molecular weight is 421 g/mol. The predicted octanol–water partition coefficient (Wildman–Crippen LogP) is 6.08. The number of nitrogens with one attached hydrogen (secondary N) is 1. The summed E-state index contributed by atoms with van der Waals surface area (Å²) in [5, 5.41) is 4.43. The van der Waals surface area contributed by atoms with Crippen molar-refractivity contribution in [1.29, 1.82) is 0 Å². The van der Waals surface area contributed by atoms with Gasteiger partial charge in [-0.1, -0.05) is 29.3 Å². The van der Waals surface area contributed by atoms with Gasteiger partial charge in [0.05, 0.1) is 16.1 Å². The second-order valence-corrected chi connectivity index (χ2v) is 8.13. The number of hydrogen-bond donors (Lipinski definition) is 1. The van der Waals surface area contributed by atoms with Crippen LogP contribution in [0, 0.1) is 0 Å². The minimum Gasteiger partial charge on any atom is -0.491 e. The van der Waals surface area contributed by atoms with Crippen molar-refractivity contribution in [2.75, 3.05) is 5.32 Å². The molecule has 1 aromatic heterocycles. The summed E-state index contributed by atoms with van der Waals surface area (Å²) in [7, 11) is 0. The number of thiazole rings is 1. The number of anilines is 1. The third-order valence-corrected chi connectivity index (χ3v) is 5.28. The number of rotatable bonds is 6. The molecule has 0 fully saturated rings. The van der Waals surface area contributed by atoms with Crippen molar-refractivity contribution < 1.29 is 9.53 Å². The van der Waals surface area contributed by atoms with E-state index in [1.165, 1.54) is 11.3 Å². The molecule has 3 aromatic rings. The second kappa shape index (κ2) is 8.74. The maximum absolute atomic E-state index is 12.4. The third kappa shape index (κ3) is 5.45. The highest BCUT2D eigenvalue weighted by Gasteiger charge is 2.10. The van der Waals surface area contributed by atoms with Crippen molar-refractivity contribution in [2.24, 2.45) is 0 Å². The summed E-state index contributed by atoms with van der Waals surface area (Å²) >= 11 is 13.4. The van der Waals surface area contributed by atoms with Crippen LogP contribution >= 0.6 is 34.5 Å². The molecule has 0 atom stereocenters. The second-order valence-electron chi connectivity index (χ2n) is 6.20. The Bertz CT molecular complexity index is 939. The smallest absolute Gasteiger partial charge is 0.257 e. The van der Waals surface area contributed by atoms with Gasteiger partial charge in [-0.3, -0.25) is 10.1 Å². The highest BCUT2D eigenvalue weighted by molar-refractivity contribution is 7.15. The third-order valence-electron chi connectivity index (χ3n) is 3.62. The summed E-state index contributed by atoms with van der Waals surface area (Å²) < 4.78 is 5.58. The van der Waals surface area contributed by atoms with E-state index >= 15 is 0 Å². The molecule has 0 aliphatic carbocycles. The highest BCUT2D eigenvalue weighted by atomic mass is 35.5. The van der Waals surface area contributed by atoms with Crippen molar-refractivity contribution in [3.05, 3.63) is 74.7 Å². The zero-order valence-electron chi connectivity index (χ0n) is 14.8. The zero-order chi connectivity index (χ0) is 19.4. The van der Waals surface area contributed by atoms with Gasteiger partial charge in [-0.25, -0.2) is 4.98 Å². The van der Waals surface area contributed by atoms with Crippen LogP contribution in [0.5, 0.6) is 5.75 Å². The lowest BCUT2D eigenvalue weighted by molar-refractivity contribution is 0.102. The van der Waals surface area contributed by atoms with E-state index in [2.05, 4.69) is 10.3 Å². The molecule has 0 spiro atoms. The fourth-order valence-electron chi connectivity index (χ4n) is 2.42. The number of amides is 1. The quantitative estimate of drug-likeness (QED) is 0.525. The fraction of sp³-hybridized carbons (Fsp3) is 0.200. The van der Waals surface area contributed by atoms with E-state index < -0.39 is 0 Å². The van der Waals surface area contributed by atoms with Crippen LogP contribution in [0.4, 0.5) is 5.13 Å². The molecule has 0 saturated carbocycles. The Hall–Kier alpha value is -2.08. The molecule has 0 radical (unpaired) electrons. The first kappa shape index (κ1) is 19.7. The largest absolute Gasteiger partial charge is 0.491 e. The summed E-state index contributed by atoms with van der Waals surface area (Å²) in [5.41, 5.74) is 1.58. The first-order valence-corrected chi connectivity index (χ1v) is 9.94. The standard InChI is InChI=1S/C20H18Cl2N2O2S/c1-12(2)26-15-6-4-14(5-7-15)19(25)24-20-23-11-16(27-20)9-13-3-8-17(21)18(22)10-13/h3-8,10-12H,9H2,1-2H3,(H,23,24,25). The van der Waals surface area contributed by atoms with E-state index in [0.717, 1.165) is 16.2 Å². The number of benzene rings is 2. The molecular formula is C20H18Cl2N2O2S. The number of ether oxygens (including phenoxy) is 1. The van der Waals surface area contributed by atoms with E-state index in [1.807, 2.05) is 26.0 Å². The van der Waals surface area contributed by atoms with Gasteiger partial charge in [-0.15, -0.1) is 11.3 Å². The molecule has 0 saturated heterocycles. The molecule has 0 aliphatic rings. The Balaban J connectivity index is 1.62. The van der Waals surface area contributed by atoms with Gasteiger partial charge in [0, 0.05) is 23.1 Å². The predicted molar refractivity (Wildman–Crippen MR) is 112 cm³/mol. The molecule has 140 valence electrons. The molecule has 7 heteroatoms. The molecular weight excluding hydrogens is 403 g/mol. The lowest BCUT2D eigenvalue weighted by Gasteiger charge is -2.09. The molecule has 27 heavy (non-hydrogen) atoms. The monoisotopic (exact) mass is 420 g/mol. The van der Waals surface area contributed by atoms with Crippen molar-refractivity contribution in [3.8, 4) is 5.75 Å². The minimum atomic E-state index is -0.207. The van der Waals surface area contributed by atoms with Gasteiger partial charge in [0.15, 0.2) is 5.13 Å². The lowest BCUT2D eigenvalue weighted by Crippen LogP contribution is -2.11. The summed E-state index contributed by atoms with van der Waals surface area (Å²) in [5.74, 6) is 0.529. The van der Waals surface area contributed by atoms with Crippen LogP contribution in [0.1, 0.15) is 34.6 Å². The van der Waals surface area contributed by atoms with Crippen molar-refractivity contribution in [2.45, 2.75) is 26.4 Å². The number of aromatic nitrogens is 1. The average Bonchev–Trinajstić information content (AvgIpc) is 3.05. The molecule has 4 nitrogen and oxygen atoms in total.